The van der Waals surface area contributed by atoms with Crippen LogP contribution in [0.1, 0.15) is 17.2 Å². The molecule has 0 aliphatic carbocycles. The van der Waals surface area contributed by atoms with Crippen molar-refractivity contribution in [3.63, 3.8) is 0 Å². The summed E-state index contributed by atoms with van der Waals surface area (Å²) in [5, 5.41) is 22.4. The number of aliphatic hydroxyl groups is 1. The van der Waals surface area contributed by atoms with Gasteiger partial charge in [-0.2, -0.15) is 0 Å². The maximum atomic E-state index is 10.6. The highest BCUT2D eigenvalue weighted by Crippen LogP contribution is 2.29. The number of aliphatic hydroxyl groups excluding tert-OH is 1. The summed E-state index contributed by atoms with van der Waals surface area (Å²) in [5.74, 6) is 0. The van der Waals surface area contributed by atoms with E-state index in [4.69, 9.17) is 5.11 Å². The first kappa shape index (κ1) is 9.67. The topological polar surface area (TPSA) is 75.4 Å². The van der Waals surface area contributed by atoms with Crippen molar-refractivity contribution in [2.24, 2.45) is 0 Å². The molecular formula is C10H10N2O3. The van der Waals surface area contributed by atoms with E-state index in [2.05, 4.69) is 5.32 Å². The number of hydrogen-bond acceptors (Lipinski definition) is 4. The smallest absolute Gasteiger partial charge is 0.269 e. The number of rotatable bonds is 2. The molecule has 0 saturated carbocycles. The van der Waals surface area contributed by atoms with Gasteiger partial charge >= 0.3 is 0 Å². The molecule has 0 fully saturated rings. The molecule has 0 spiro atoms. The molecule has 1 aliphatic rings. The number of non-ortho nitro benzene ring substituents is 1. The SMILES string of the molecule is O=[N+]([O-])c1ccc2c(c1)C(C=CO)NC2. The molecule has 1 aliphatic heterocycles. The van der Waals surface area contributed by atoms with Crippen molar-refractivity contribution < 1.29 is 10.0 Å². The Bertz CT molecular complexity index is 429. The molecule has 15 heavy (non-hydrogen) atoms. The largest absolute Gasteiger partial charge is 0.516 e. The van der Waals surface area contributed by atoms with E-state index in [9.17, 15) is 10.1 Å². The fraction of sp³-hybridized carbons (Fsp3) is 0.200. The maximum Gasteiger partial charge on any atom is 0.269 e. The van der Waals surface area contributed by atoms with Gasteiger partial charge in [0.1, 0.15) is 0 Å². The standard InChI is InChI=1S/C10H10N2O3/c13-4-3-10-9-5-8(12(14)15)2-1-7(9)6-11-10/h1-5,10-11,13H,6H2. The van der Waals surface area contributed by atoms with Crippen LogP contribution in [0.4, 0.5) is 5.69 Å². The third-order valence-corrected chi connectivity index (χ3v) is 2.47. The Kier molecular flexibility index (Phi) is 2.39. The van der Waals surface area contributed by atoms with Crippen LogP contribution in [-0.4, -0.2) is 10.0 Å². The summed E-state index contributed by atoms with van der Waals surface area (Å²) in [6.07, 6.45) is 2.52. The Morgan fingerprint density at radius 1 is 1.60 bits per heavy atom. The van der Waals surface area contributed by atoms with Crippen molar-refractivity contribution in [1.29, 1.82) is 0 Å². The summed E-state index contributed by atoms with van der Waals surface area (Å²) in [4.78, 5) is 10.2. The lowest BCUT2D eigenvalue weighted by Gasteiger charge is -2.04. The van der Waals surface area contributed by atoms with Crippen molar-refractivity contribution >= 4 is 5.69 Å². The monoisotopic (exact) mass is 206 g/mol. The number of nitro benzene ring substituents is 1. The summed E-state index contributed by atoms with van der Waals surface area (Å²) in [6.45, 7) is 0.669. The second-order valence-electron chi connectivity index (χ2n) is 3.34. The summed E-state index contributed by atoms with van der Waals surface area (Å²) >= 11 is 0. The molecule has 1 atom stereocenters. The Morgan fingerprint density at radius 3 is 3.07 bits per heavy atom. The summed E-state index contributed by atoms with van der Waals surface area (Å²) < 4.78 is 0. The quantitative estimate of drug-likeness (QED) is 0.439. The second kappa shape index (κ2) is 3.70. The van der Waals surface area contributed by atoms with E-state index in [1.54, 1.807) is 18.2 Å². The lowest BCUT2D eigenvalue weighted by molar-refractivity contribution is -0.384. The third kappa shape index (κ3) is 1.69. The van der Waals surface area contributed by atoms with Crippen LogP contribution in [0.2, 0.25) is 0 Å². The van der Waals surface area contributed by atoms with Crippen molar-refractivity contribution in [3.05, 3.63) is 51.8 Å². The first-order valence-electron chi connectivity index (χ1n) is 4.54. The molecule has 2 rings (SSSR count). The van der Waals surface area contributed by atoms with Gasteiger partial charge in [0.25, 0.3) is 5.69 Å². The van der Waals surface area contributed by atoms with E-state index < -0.39 is 4.92 Å². The fourth-order valence-corrected chi connectivity index (χ4v) is 1.73. The molecule has 0 amide bonds. The Hall–Kier alpha value is -1.88. The highest BCUT2D eigenvalue weighted by atomic mass is 16.6. The zero-order valence-corrected chi connectivity index (χ0v) is 7.88. The van der Waals surface area contributed by atoms with E-state index in [1.807, 2.05) is 0 Å². The Morgan fingerprint density at radius 2 is 2.40 bits per heavy atom. The first-order chi connectivity index (χ1) is 7.22. The average molecular weight is 206 g/mol. The number of nitrogens with zero attached hydrogens (tertiary/aromatic N) is 1. The predicted octanol–water partition coefficient (Wildman–Crippen LogP) is 1.81. The normalized spacial score (nSPS) is 19.3. The summed E-state index contributed by atoms with van der Waals surface area (Å²) in [7, 11) is 0. The molecule has 0 aromatic heterocycles. The molecule has 1 aromatic rings. The third-order valence-electron chi connectivity index (χ3n) is 2.47. The average Bonchev–Trinajstić information content (AvgIpc) is 2.61. The summed E-state index contributed by atoms with van der Waals surface area (Å²) in [6, 6.07) is 4.64. The van der Waals surface area contributed by atoms with Crippen molar-refractivity contribution in [2.45, 2.75) is 12.6 Å². The number of benzene rings is 1. The Balaban J connectivity index is 2.41. The fourth-order valence-electron chi connectivity index (χ4n) is 1.73. The first-order valence-corrected chi connectivity index (χ1v) is 4.54. The van der Waals surface area contributed by atoms with Gasteiger partial charge in [-0.1, -0.05) is 6.07 Å². The van der Waals surface area contributed by atoms with Gasteiger partial charge in [-0.3, -0.25) is 10.1 Å². The highest BCUT2D eigenvalue weighted by Gasteiger charge is 2.22. The zero-order valence-electron chi connectivity index (χ0n) is 7.88. The molecule has 1 aromatic carbocycles. The number of nitro groups is 1. The van der Waals surface area contributed by atoms with Crippen molar-refractivity contribution in [2.75, 3.05) is 0 Å². The predicted molar refractivity (Wildman–Crippen MR) is 54.4 cm³/mol. The molecule has 1 unspecified atom stereocenters. The minimum absolute atomic E-state index is 0.0776. The van der Waals surface area contributed by atoms with Gasteiger partial charge in [0.2, 0.25) is 0 Å². The molecule has 1 heterocycles. The minimum atomic E-state index is -0.418. The number of hydrogen-bond donors (Lipinski definition) is 2. The van der Waals surface area contributed by atoms with Gasteiger partial charge in [-0.05, 0) is 17.2 Å². The van der Waals surface area contributed by atoms with Gasteiger partial charge in [-0.25, -0.2) is 0 Å². The maximum absolute atomic E-state index is 10.6. The molecule has 0 bridgehead atoms. The minimum Gasteiger partial charge on any atom is -0.516 e. The Labute approximate surface area is 86.2 Å². The lowest BCUT2D eigenvalue weighted by Crippen LogP contribution is -2.08. The van der Waals surface area contributed by atoms with Gasteiger partial charge in [-0.15, -0.1) is 0 Å². The molecule has 5 nitrogen and oxygen atoms in total. The van der Waals surface area contributed by atoms with Gasteiger partial charge < -0.3 is 10.4 Å². The van der Waals surface area contributed by atoms with Crippen LogP contribution in [-0.2, 0) is 6.54 Å². The second-order valence-corrected chi connectivity index (χ2v) is 3.34. The van der Waals surface area contributed by atoms with Crippen LogP contribution in [0.25, 0.3) is 0 Å². The number of fused-ring (bicyclic) bond motifs is 1. The summed E-state index contributed by atoms with van der Waals surface area (Å²) in [5.41, 5.74) is 1.96. The van der Waals surface area contributed by atoms with E-state index in [-0.39, 0.29) is 11.7 Å². The van der Waals surface area contributed by atoms with Crippen LogP contribution in [0, 0.1) is 10.1 Å². The van der Waals surface area contributed by atoms with Crippen LogP contribution in [0.3, 0.4) is 0 Å². The van der Waals surface area contributed by atoms with Crippen LogP contribution in [0.5, 0.6) is 0 Å². The lowest BCUT2D eigenvalue weighted by atomic mass is 10.0. The zero-order chi connectivity index (χ0) is 10.8. The van der Waals surface area contributed by atoms with Crippen molar-refractivity contribution in [3.8, 4) is 0 Å². The van der Waals surface area contributed by atoms with Gasteiger partial charge in [0, 0.05) is 18.7 Å². The molecule has 0 saturated heterocycles. The van der Waals surface area contributed by atoms with Gasteiger partial charge in [0.15, 0.2) is 0 Å². The molecule has 2 N–H and O–H groups in total. The molecule has 0 radical (unpaired) electrons. The molecule has 5 heteroatoms. The van der Waals surface area contributed by atoms with E-state index >= 15 is 0 Å². The molecule has 78 valence electrons. The number of nitrogens with one attached hydrogen (secondary N) is 1. The van der Waals surface area contributed by atoms with Crippen LogP contribution in [0.15, 0.2) is 30.5 Å². The van der Waals surface area contributed by atoms with Crippen LogP contribution < -0.4 is 5.32 Å². The van der Waals surface area contributed by atoms with E-state index in [0.29, 0.717) is 6.54 Å². The van der Waals surface area contributed by atoms with Crippen molar-refractivity contribution in [1.82, 2.24) is 5.32 Å². The van der Waals surface area contributed by atoms with E-state index in [0.717, 1.165) is 17.4 Å². The highest BCUT2D eigenvalue weighted by molar-refractivity contribution is 5.45. The molecular weight excluding hydrogens is 196 g/mol. The van der Waals surface area contributed by atoms with E-state index in [1.165, 1.54) is 6.07 Å². The van der Waals surface area contributed by atoms with Gasteiger partial charge in [0.05, 0.1) is 17.2 Å². The van der Waals surface area contributed by atoms with Crippen LogP contribution >= 0.6 is 0 Å².